The van der Waals surface area contributed by atoms with E-state index in [0.29, 0.717) is 12.6 Å². The Morgan fingerprint density at radius 2 is 1.96 bits per heavy atom. The van der Waals surface area contributed by atoms with Crippen molar-refractivity contribution in [3.05, 3.63) is 51.5 Å². The van der Waals surface area contributed by atoms with Gasteiger partial charge in [0.05, 0.1) is 17.2 Å². The van der Waals surface area contributed by atoms with Gasteiger partial charge in [0.2, 0.25) is 0 Å². The Morgan fingerprint density at radius 3 is 2.59 bits per heavy atom. The summed E-state index contributed by atoms with van der Waals surface area (Å²) in [7, 11) is 2.16. The molecule has 0 amide bonds. The summed E-state index contributed by atoms with van der Waals surface area (Å²) in [5, 5.41) is 10.0. The van der Waals surface area contributed by atoms with Crippen molar-refractivity contribution in [3.8, 4) is 0 Å². The number of hydrogen-bond donors (Lipinski definition) is 2. The molecule has 2 rings (SSSR count). The van der Waals surface area contributed by atoms with Crippen LogP contribution in [0.25, 0.3) is 0 Å². The summed E-state index contributed by atoms with van der Waals surface area (Å²) < 4.78 is 0. The Balaban J connectivity index is 1.97. The molecule has 0 bridgehead atoms. The van der Waals surface area contributed by atoms with Gasteiger partial charge in [-0.25, -0.2) is 9.98 Å². The van der Waals surface area contributed by atoms with Crippen molar-refractivity contribution in [2.75, 3.05) is 20.1 Å². The number of rotatable bonds is 9. The molecule has 1 heterocycles. The van der Waals surface area contributed by atoms with Crippen molar-refractivity contribution in [1.82, 2.24) is 20.5 Å². The summed E-state index contributed by atoms with van der Waals surface area (Å²) in [6, 6.07) is 9.10. The summed E-state index contributed by atoms with van der Waals surface area (Å²) in [6.45, 7) is 11.9. The summed E-state index contributed by atoms with van der Waals surface area (Å²) in [4.78, 5) is 11.7. The Labute approximate surface area is 167 Å². The monoisotopic (exact) mass is 387 g/mol. The molecule has 1 aromatic carbocycles. The second-order valence-electron chi connectivity index (χ2n) is 7.01. The number of nitrogens with zero attached hydrogens (tertiary/aromatic N) is 3. The third kappa shape index (κ3) is 7.31. The first-order valence-corrected chi connectivity index (χ1v) is 10.6. The number of aliphatic imine (C=N–C) groups is 1. The third-order valence-corrected chi connectivity index (χ3v) is 5.33. The van der Waals surface area contributed by atoms with Gasteiger partial charge in [0.15, 0.2) is 5.96 Å². The van der Waals surface area contributed by atoms with Crippen molar-refractivity contribution in [1.29, 1.82) is 0 Å². The minimum Gasteiger partial charge on any atom is -0.357 e. The van der Waals surface area contributed by atoms with Crippen LogP contribution in [-0.2, 0) is 19.5 Å². The smallest absolute Gasteiger partial charge is 0.191 e. The number of hydrogen-bond acceptors (Lipinski definition) is 4. The Morgan fingerprint density at radius 1 is 1.22 bits per heavy atom. The second kappa shape index (κ2) is 11.0. The van der Waals surface area contributed by atoms with Gasteiger partial charge >= 0.3 is 0 Å². The predicted molar refractivity (Wildman–Crippen MR) is 116 cm³/mol. The fourth-order valence-corrected chi connectivity index (χ4v) is 3.30. The molecule has 1 aromatic heterocycles. The van der Waals surface area contributed by atoms with E-state index in [9.17, 15) is 0 Å². The molecule has 148 valence electrons. The number of guanidine groups is 1. The van der Waals surface area contributed by atoms with Crippen LogP contribution in [0, 0.1) is 6.92 Å². The molecular weight excluding hydrogens is 354 g/mol. The van der Waals surface area contributed by atoms with Crippen LogP contribution in [-0.4, -0.2) is 42.0 Å². The van der Waals surface area contributed by atoms with Gasteiger partial charge in [-0.15, -0.1) is 11.3 Å². The second-order valence-corrected chi connectivity index (χ2v) is 8.07. The standard InChI is InChI=1S/C21H33N5S/c1-6-22-21(23-12-11-20-15-27-17(4)25-20)24-13-18-9-7-8-10-19(18)14-26(5)16(2)3/h7-10,15-16H,6,11-14H2,1-5H3,(H2,22,23,24). The molecule has 27 heavy (non-hydrogen) atoms. The van der Waals surface area contributed by atoms with E-state index in [0.717, 1.165) is 42.7 Å². The van der Waals surface area contributed by atoms with Crippen LogP contribution in [0.4, 0.5) is 0 Å². The van der Waals surface area contributed by atoms with E-state index >= 15 is 0 Å². The lowest BCUT2D eigenvalue weighted by Gasteiger charge is -2.22. The molecule has 2 aromatic rings. The highest BCUT2D eigenvalue weighted by Crippen LogP contribution is 2.13. The number of nitrogens with one attached hydrogen (secondary N) is 2. The maximum atomic E-state index is 4.79. The summed E-state index contributed by atoms with van der Waals surface area (Å²) in [5.41, 5.74) is 3.76. The lowest BCUT2D eigenvalue weighted by atomic mass is 10.1. The summed E-state index contributed by atoms with van der Waals surface area (Å²) in [6.07, 6.45) is 0.907. The first-order valence-electron chi connectivity index (χ1n) is 9.69. The molecule has 0 unspecified atom stereocenters. The summed E-state index contributed by atoms with van der Waals surface area (Å²) >= 11 is 1.70. The van der Waals surface area contributed by atoms with Crippen LogP contribution in [0.3, 0.4) is 0 Å². The zero-order chi connectivity index (χ0) is 19.6. The van der Waals surface area contributed by atoms with Gasteiger partial charge in [0.25, 0.3) is 0 Å². The number of thiazole rings is 1. The fraction of sp³-hybridized carbons (Fsp3) is 0.524. The van der Waals surface area contributed by atoms with Gasteiger partial charge in [-0.3, -0.25) is 4.90 Å². The molecule has 6 heteroatoms. The van der Waals surface area contributed by atoms with Gasteiger partial charge in [0, 0.05) is 37.5 Å². The van der Waals surface area contributed by atoms with E-state index in [2.05, 4.69) is 78.0 Å². The van der Waals surface area contributed by atoms with Crippen LogP contribution in [0.5, 0.6) is 0 Å². The van der Waals surface area contributed by atoms with Crippen LogP contribution >= 0.6 is 11.3 Å². The van der Waals surface area contributed by atoms with Gasteiger partial charge < -0.3 is 10.6 Å². The molecule has 0 spiro atoms. The highest BCUT2D eigenvalue weighted by Gasteiger charge is 2.08. The topological polar surface area (TPSA) is 52.6 Å². The molecule has 0 aliphatic heterocycles. The van der Waals surface area contributed by atoms with Crippen LogP contribution in [0.15, 0.2) is 34.6 Å². The van der Waals surface area contributed by atoms with Crippen molar-refractivity contribution in [2.45, 2.75) is 53.2 Å². The molecule has 0 saturated heterocycles. The summed E-state index contributed by atoms with van der Waals surface area (Å²) in [5.74, 6) is 0.858. The maximum Gasteiger partial charge on any atom is 0.191 e. The lowest BCUT2D eigenvalue weighted by Crippen LogP contribution is -2.38. The average molecular weight is 388 g/mol. The molecular formula is C21H33N5S. The molecule has 0 fully saturated rings. The molecule has 2 N–H and O–H groups in total. The van der Waals surface area contributed by atoms with Crippen molar-refractivity contribution in [3.63, 3.8) is 0 Å². The van der Waals surface area contributed by atoms with Crippen molar-refractivity contribution in [2.24, 2.45) is 4.99 Å². The highest BCUT2D eigenvalue weighted by molar-refractivity contribution is 7.09. The first-order chi connectivity index (χ1) is 13.0. The van der Waals surface area contributed by atoms with Crippen LogP contribution in [0.2, 0.25) is 0 Å². The largest absolute Gasteiger partial charge is 0.357 e. The van der Waals surface area contributed by atoms with E-state index in [-0.39, 0.29) is 0 Å². The fourth-order valence-electron chi connectivity index (χ4n) is 2.66. The van der Waals surface area contributed by atoms with E-state index in [1.54, 1.807) is 11.3 Å². The minimum absolute atomic E-state index is 0.523. The van der Waals surface area contributed by atoms with E-state index in [4.69, 9.17) is 4.99 Å². The maximum absolute atomic E-state index is 4.79. The SMILES string of the molecule is CCNC(=NCc1ccccc1CN(C)C(C)C)NCCc1csc(C)n1. The third-order valence-electron chi connectivity index (χ3n) is 4.51. The number of aryl methyl sites for hydroxylation is 1. The number of aromatic nitrogens is 1. The Hall–Kier alpha value is -1.92. The van der Waals surface area contributed by atoms with Crippen LogP contribution < -0.4 is 10.6 Å². The Kier molecular flexibility index (Phi) is 8.75. The first kappa shape index (κ1) is 21.4. The van der Waals surface area contributed by atoms with E-state index in [1.165, 1.54) is 11.1 Å². The Bertz CT molecular complexity index is 723. The van der Waals surface area contributed by atoms with Gasteiger partial charge in [-0.2, -0.15) is 0 Å². The van der Waals surface area contributed by atoms with Gasteiger partial charge in [0.1, 0.15) is 0 Å². The van der Waals surface area contributed by atoms with E-state index < -0.39 is 0 Å². The molecule has 5 nitrogen and oxygen atoms in total. The molecule has 0 saturated carbocycles. The zero-order valence-corrected chi connectivity index (χ0v) is 18.1. The molecule has 0 aliphatic rings. The highest BCUT2D eigenvalue weighted by atomic mass is 32.1. The van der Waals surface area contributed by atoms with E-state index in [1.807, 2.05) is 6.92 Å². The zero-order valence-electron chi connectivity index (χ0n) is 17.2. The van der Waals surface area contributed by atoms with Gasteiger partial charge in [-0.1, -0.05) is 24.3 Å². The van der Waals surface area contributed by atoms with Crippen LogP contribution in [0.1, 0.15) is 42.6 Å². The van der Waals surface area contributed by atoms with Gasteiger partial charge in [-0.05, 0) is 45.9 Å². The quantitative estimate of drug-likeness (QED) is 0.510. The predicted octanol–water partition coefficient (Wildman–Crippen LogP) is 3.59. The van der Waals surface area contributed by atoms with Crippen molar-refractivity contribution >= 4 is 17.3 Å². The molecule has 0 radical (unpaired) electrons. The minimum atomic E-state index is 0.523. The molecule has 0 aliphatic carbocycles. The molecule has 0 atom stereocenters. The lowest BCUT2D eigenvalue weighted by molar-refractivity contribution is 0.265. The number of benzene rings is 1. The average Bonchev–Trinajstić information content (AvgIpc) is 3.05. The normalized spacial score (nSPS) is 12.0. The van der Waals surface area contributed by atoms with Crippen molar-refractivity contribution < 1.29 is 0 Å².